The molecule has 0 radical (unpaired) electrons. The third kappa shape index (κ3) is 3.63. The van der Waals surface area contributed by atoms with Crippen LogP contribution in [0.25, 0.3) is 0 Å². The average Bonchev–Trinajstić information content (AvgIpc) is 2.34. The summed E-state index contributed by atoms with van der Waals surface area (Å²) in [5.41, 5.74) is 0.802. The molecule has 1 aromatic rings. The van der Waals surface area contributed by atoms with Crippen LogP contribution in [0.15, 0.2) is 29.2 Å². The normalized spacial score (nSPS) is 14.3. The molecule has 0 bridgehead atoms. The van der Waals surface area contributed by atoms with Crippen molar-refractivity contribution in [1.82, 2.24) is 0 Å². The lowest BCUT2D eigenvalue weighted by Gasteiger charge is -2.21. The van der Waals surface area contributed by atoms with Gasteiger partial charge in [-0.2, -0.15) is 13.2 Å². The molecule has 3 N–H and O–H groups in total. The summed E-state index contributed by atoms with van der Waals surface area (Å²) in [6.45, 7) is 4.26. The van der Waals surface area contributed by atoms with Crippen molar-refractivity contribution < 1.29 is 21.6 Å². The van der Waals surface area contributed by atoms with Crippen LogP contribution in [-0.4, -0.2) is 26.5 Å². The molecule has 1 rings (SSSR count). The number of hydrogen-bond acceptors (Lipinski definition) is 4. The van der Waals surface area contributed by atoms with Crippen molar-refractivity contribution in [3.8, 4) is 0 Å². The first-order chi connectivity index (χ1) is 9.09. The molecule has 114 valence electrons. The van der Waals surface area contributed by atoms with Crippen molar-refractivity contribution >= 4 is 15.5 Å². The standard InChI is InChI=1S/C12H17F3N2O2S/c1-8(2)11(7-16)17-9-3-5-10(6-4-9)20(18,19)12(13,14)15/h3-6,8,11,17H,7,16H2,1-2H3. The molecule has 0 aliphatic rings. The molecule has 1 aromatic carbocycles. The summed E-state index contributed by atoms with van der Waals surface area (Å²) in [7, 11) is -5.30. The molecule has 0 aromatic heterocycles. The SMILES string of the molecule is CC(C)C(CN)Nc1ccc(S(=O)(=O)C(F)(F)F)cc1. The van der Waals surface area contributed by atoms with Crippen LogP contribution in [-0.2, 0) is 9.84 Å². The largest absolute Gasteiger partial charge is 0.501 e. The zero-order chi connectivity index (χ0) is 15.6. The van der Waals surface area contributed by atoms with Gasteiger partial charge in [-0.25, -0.2) is 8.42 Å². The maximum atomic E-state index is 12.4. The van der Waals surface area contributed by atoms with Crippen LogP contribution >= 0.6 is 0 Å². The maximum Gasteiger partial charge on any atom is 0.501 e. The van der Waals surface area contributed by atoms with Crippen molar-refractivity contribution in [2.75, 3.05) is 11.9 Å². The van der Waals surface area contributed by atoms with Crippen molar-refractivity contribution in [2.24, 2.45) is 11.7 Å². The summed E-state index contributed by atoms with van der Waals surface area (Å²) in [5.74, 6) is 0.235. The maximum absolute atomic E-state index is 12.4. The van der Waals surface area contributed by atoms with E-state index in [4.69, 9.17) is 5.73 Å². The smallest absolute Gasteiger partial charge is 0.381 e. The molecule has 0 fully saturated rings. The Labute approximate surface area is 116 Å². The van der Waals surface area contributed by atoms with Crippen LogP contribution in [0.1, 0.15) is 13.8 Å². The summed E-state index contributed by atoms with van der Waals surface area (Å²) in [4.78, 5) is -0.774. The monoisotopic (exact) mass is 310 g/mol. The van der Waals surface area contributed by atoms with E-state index < -0.39 is 20.2 Å². The minimum Gasteiger partial charge on any atom is -0.381 e. The lowest BCUT2D eigenvalue weighted by Crippen LogP contribution is -2.33. The van der Waals surface area contributed by atoms with Gasteiger partial charge in [0.2, 0.25) is 0 Å². The lowest BCUT2D eigenvalue weighted by molar-refractivity contribution is -0.0436. The summed E-state index contributed by atoms with van der Waals surface area (Å²) in [6.07, 6.45) is 0. The van der Waals surface area contributed by atoms with Crippen LogP contribution in [0, 0.1) is 5.92 Å². The van der Waals surface area contributed by atoms with Gasteiger partial charge in [0.15, 0.2) is 0 Å². The van der Waals surface area contributed by atoms with Gasteiger partial charge < -0.3 is 11.1 Å². The van der Waals surface area contributed by atoms with Gasteiger partial charge in [-0.1, -0.05) is 13.8 Å². The molecule has 0 heterocycles. The van der Waals surface area contributed by atoms with Crippen molar-refractivity contribution in [3.63, 3.8) is 0 Å². The number of anilines is 1. The number of halogens is 3. The average molecular weight is 310 g/mol. The quantitative estimate of drug-likeness (QED) is 0.876. The lowest BCUT2D eigenvalue weighted by atomic mass is 10.0. The Morgan fingerprint density at radius 2 is 1.70 bits per heavy atom. The van der Waals surface area contributed by atoms with Crippen LogP contribution < -0.4 is 11.1 Å². The predicted octanol–water partition coefficient (Wildman–Crippen LogP) is 2.38. The third-order valence-electron chi connectivity index (χ3n) is 2.88. The Hall–Kier alpha value is -1.28. The van der Waals surface area contributed by atoms with E-state index in [1.54, 1.807) is 0 Å². The Bertz CT molecular complexity index is 539. The van der Waals surface area contributed by atoms with Gasteiger partial charge in [0, 0.05) is 18.3 Å². The molecule has 4 nitrogen and oxygen atoms in total. The fourth-order valence-electron chi connectivity index (χ4n) is 1.58. The van der Waals surface area contributed by atoms with E-state index in [2.05, 4.69) is 5.32 Å². The van der Waals surface area contributed by atoms with Crippen LogP contribution in [0.3, 0.4) is 0 Å². The summed E-state index contributed by atoms with van der Waals surface area (Å²) in [5, 5.41) is 3.04. The first kappa shape index (κ1) is 16.8. The van der Waals surface area contributed by atoms with Gasteiger partial charge in [0.1, 0.15) is 0 Å². The molecule has 1 unspecified atom stereocenters. The number of sulfone groups is 1. The van der Waals surface area contributed by atoms with E-state index in [-0.39, 0.29) is 12.0 Å². The van der Waals surface area contributed by atoms with Crippen molar-refractivity contribution in [1.29, 1.82) is 0 Å². The van der Waals surface area contributed by atoms with Gasteiger partial charge in [-0.15, -0.1) is 0 Å². The minimum atomic E-state index is -5.30. The van der Waals surface area contributed by atoms with Crippen LogP contribution in [0.4, 0.5) is 18.9 Å². The molecule has 0 aliphatic heterocycles. The van der Waals surface area contributed by atoms with Crippen LogP contribution in [0.5, 0.6) is 0 Å². The second-order valence-corrected chi connectivity index (χ2v) is 6.65. The molecule has 0 amide bonds. The Morgan fingerprint density at radius 3 is 2.05 bits per heavy atom. The number of nitrogens with two attached hydrogens (primary N) is 1. The zero-order valence-corrected chi connectivity index (χ0v) is 11.9. The number of benzene rings is 1. The van der Waals surface area contributed by atoms with E-state index in [0.29, 0.717) is 12.2 Å². The topological polar surface area (TPSA) is 72.2 Å². The molecule has 0 saturated heterocycles. The first-order valence-corrected chi connectivity index (χ1v) is 7.46. The van der Waals surface area contributed by atoms with Crippen LogP contribution in [0.2, 0.25) is 0 Å². The number of rotatable bonds is 5. The van der Waals surface area contributed by atoms with E-state index >= 15 is 0 Å². The fourth-order valence-corrected chi connectivity index (χ4v) is 2.34. The molecule has 0 aliphatic carbocycles. The Balaban J connectivity index is 2.96. The van der Waals surface area contributed by atoms with Crippen molar-refractivity contribution in [2.45, 2.75) is 30.3 Å². The second-order valence-electron chi connectivity index (χ2n) is 4.70. The van der Waals surface area contributed by atoms with E-state index in [1.165, 1.54) is 12.1 Å². The number of alkyl halides is 3. The van der Waals surface area contributed by atoms with Gasteiger partial charge in [0.05, 0.1) is 4.90 Å². The third-order valence-corrected chi connectivity index (χ3v) is 4.38. The predicted molar refractivity (Wildman–Crippen MR) is 71.0 cm³/mol. The van der Waals surface area contributed by atoms with Crippen molar-refractivity contribution in [3.05, 3.63) is 24.3 Å². The highest BCUT2D eigenvalue weighted by Gasteiger charge is 2.46. The van der Waals surface area contributed by atoms with Gasteiger partial charge in [0.25, 0.3) is 9.84 Å². The molecular weight excluding hydrogens is 293 g/mol. The Morgan fingerprint density at radius 1 is 1.20 bits per heavy atom. The fraction of sp³-hybridized carbons (Fsp3) is 0.500. The zero-order valence-electron chi connectivity index (χ0n) is 11.1. The highest BCUT2D eigenvalue weighted by molar-refractivity contribution is 7.92. The first-order valence-electron chi connectivity index (χ1n) is 5.97. The number of nitrogens with one attached hydrogen (secondary N) is 1. The summed E-state index contributed by atoms with van der Waals surface area (Å²) >= 11 is 0. The molecule has 1 atom stereocenters. The van der Waals surface area contributed by atoms with Gasteiger partial charge in [-0.3, -0.25) is 0 Å². The molecule has 8 heteroatoms. The molecule has 0 saturated carbocycles. The Kier molecular flexibility index (Phi) is 5.04. The minimum absolute atomic E-state index is 0.0416. The molecule has 0 spiro atoms. The number of hydrogen-bond donors (Lipinski definition) is 2. The molecular formula is C12H17F3N2O2S. The van der Waals surface area contributed by atoms with Gasteiger partial charge >= 0.3 is 5.51 Å². The van der Waals surface area contributed by atoms with Gasteiger partial charge in [-0.05, 0) is 30.2 Å². The molecule has 20 heavy (non-hydrogen) atoms. The summed E-state index contributed by atoms with van der Waals surface area (Å²) < 4.78 is 59.5. The van der Waals surface area contributed by atoms with E-state index in [1.807, 2.05) is 13.8 Å². The second kappa shape index (κ2) is 6.01. The highest BCUT2D eigenvalue weighted by Crippen LogP contribution is 2.30. The highest BCUT2D eigenvalue weighted by atomic mass is 32.2. The van der Waals surface area contributed by atoms with E-state index in [9.17, 15) is 21.6 Å². The van der Waals surface area contributed by atoms with E-state index in [0.717, 1.165) is 12.1 Å². The summed E-state index contributed by atoms with van der Waals surface area (Å²) in [6, 6.07) is 4.41.